The number of benzene rings is 1. The van der Waals surface area contributed by atoms with Crippen LogP contribution in [0.1, 0.15) is 19.4 Å². The molecule has 0 radical (unpaired) electrons. The lowest BCUT2D eigenvalue weighted by Gasteiger charge is -2.44. The molecule has 1 aromatic rings. The lowest BCUT2D eigenvalue weighted by atomic mass is 9.82. The smallest absolute Gasteiger partial charge is 0.234 e. The van der Waals surface area contributed by atoms with Gasteiger partial charge in [0.1, 0.15) is 0 Å². The Bertz CT molecular complexity index is 420. The van der Waals surface area contributed by atoms with E-state index in [-0.39, 0.29) is 11.3 Å². The van der Waals surface area contributed by atoms with Crippen LogP contribution in [0.3, 0.4) is 0 Å². The molecule has 1 aliphatic rings. The van der Waals surface area contributed by atoms with Gasteiger partial charge in [-0.3, -0.25) is 4.79 Å². The molecule has 92 valence electrons. The summed E-state index contributed by atoms with van der Waals surface area (Å²) in [6.07, 6.45) is 0. The maximum Gasteiger partial charge on any atom is 0.234 e. The molecule has 1 aromatic carbocycles. The summed E-state index contributed by atoms with van der Waals surface area (Å²) >= 11 is 0. The first-order valence-electron chi connectivity index (χ1n) is 5.96. The largest absolute Gasteiger partial charge is 0.311 e. The first kappa shape index (κ1) is 12.1. The Kier molecular flexibility index (Phi) is 2.96. The van der Waals surface area contributed by atoms with Crippen LogP contribution in [0.4, 0.5) is 5.69 Å². The molecule has 1 heterocycles. The van der Waals surface area contributed by atoms with Crippen molar-refractivity contribution in [2.24, 2.45) is 5.41 Å². The minimum atomic E-state index is -0.178. The molecule has 17 heavy (non-hydrogen) atoms. The molecule has 0 N–H and O–H groups in total. The van der Waals surface area contributed by atoms with E-state index in [4.69, 9.17) is 0 Å². The topological polar surface area (TPSA) is 23.6 Å². The van der Waals surface area contributed by atoms with Gasteiger partial charge in [-0.2, -0.15) is 0 Å². The van der Waals surface area contributed by atoms with Crippen molar-refractivity contribution in [3.63, 3.8) is 0 Å². The van der Waals surface area contributed by atoms with E-state index < -0.39 is 0 Å². The molecule has 0 aromatic heterocycles. The monoisotopic (exact) mass is 232 g/mol. The number of hydrogen-bond donors (Lipinski definition) is 0. The summed E-state index contributed by atoms with van der Waals surface area (Å²) in [6, 6.07) is 8.25. The molecule has 0 aliphatic carbocycles. The van der Waals surface area contributed by atoms with Crippen molar-refractivity contribution in [3.8, 4) is 0 Å². The van der Waals surface area contributed by atoms with E-state index >= 15 is 0 Å². The van der Waals surface area contributed by atoms with Crippen molar-refractivity contribution in [3.05, 3.63) is 29.8 Å². The van der Waals surface area contributed by atoms with Crippen LogP contribution in [-0.2, 0) is 11.3 Å². The molecular weight excluding hydrogens is 212 g/mol. The number of amides is 1. The van der Waals surface area contributed by atoms with Gasteiger partial charge in [0.05, 0.1) is 5.41 Å². The SMILES string of the molecule is CN(C)Cc1ccc(N2CC(C)(C)C2=O)cc1. The predicted molar refractivity (Wildman–Crippen MR) is 70.0 cm³/mol. The maximum absolute atomic E-state index is 11.9. The van der Waals surface area contributed by atoms with E-state index in [1.165, 1.54) is 5.56 Å². The lowest BCUT2D eigenvalue weighted by molar-refractivity contribution is -0.132. The Morgan fingerprint density at radius 3 is 2.24 bits per heavy atom. The van der Waals surface area contributed by atoms with Gasteiger partial charge in [0.2, 0.25) is 5.91 Å². The summed E-state index contributed by atoms with van der Waals surface area (Å²) in [6.45, 7) is 5.73. The second-order valence-corrected chi connectivity index (χ2v) is 5.68. The first-order chi connectivity index (χ1) is 7.90. The molecule has 3 heteroatoms. The van der Waals surface area contributed by atoms with Crippen molar-refractivity contribution in [1.82, 2.24) is 4.90 Å². The Balaban J connectivity index is 2.07. The van der Waals surface area contributed by atoms with Crippen LogP contribution in [0.2, 0.25) is 0 Å². The summed E-state index contributed by atoms with van der Waals surface area (Å²) in [5.74, 6) is 0.220. The van der Waals surface area contributed by atoms with Crippen LogP contribution in [-0.4, -0.2) is 31.4 Å². The summed E-state index contributed by atoms with van der Waals surface area (Å²) in [5.41, 5.74) is 2.10. The van der Waals surface area contributed by atoms with Crippen molar-refractivity contribution in [2.45, 2.75) is 20.4 Å². The van der Waals surface area contributed by atoms with E-state index in [1.54, 1.807) is 0 Å². The number of carbonyl (C=O) groups excluding carboxylic acids is 1. The number of nitrogens with zero attached hydrogens (tertiary/aromatic N) is 2. The van der Waals surface area contributed by atoms with Crippen LogP contribution in [0.5, 0.6) is 0 Å². The highest BCUT2D eigenvalue weighted by atomic mass is 16.2. The van der Waals surface area contributed by atoms with Gasteiger partial charge >= 0.3 is 0 Å². The molecule has 0 spiro atoms. The Morgan fingerprint density at radius 1 is 1.24 bits per heavy atom. The number of hydrogen-bond acceptors (Lipinski definition) is 2. The second kappa shape index (κ2) is 4.15. The number of anilines is 1. The second-order valence-electron chi connectivity index (χ2n) is 5.68. The van der Waals surface area contributed by atoms with Gasteiger partial charge < -0.3 is 9.80 Å². The van der Waals surface area contributed by atoms with Crippen LogP contribution in [0.15, 0.2) is 24.3 Å². The standard InChI is InChI=1S/C14H20N2O/c1-14(2)10-16(13(14)17)12-7-5-11(6-8-12)9-15(3)4/h5-8H,9-10H2,1-4H3. The third-order valence-corrected chi connectivity index (χ3v) is 3.12. The zero-order chi connectivity index (χ0) is 12.6. The molecule has 2 rings (SSSR count). The number of carbonyl (C=O) groups is 1. The summed E-state index contributed by atoms with van der Waals surface area (Å²) < 4.78 is 0. The van der Waals surface area contributed by atoms with Crippen molar-refractivity contribution >= 4 is 11.6 Å². The predicted octanol–water partition coefficient (Wildman–Crippen LogP) is 2.12. The molecule has 0 saturated carbocycles. The van der Waals surface area contributed by atoms with Crippen LogP contribution < -0.4 is 4.90 Å². The van der Waals surface area contributed by atoms with E-state index in [9.17, 15) is 4.79 Å². The van der Waals surface area contributed by atoms with E-state index in [1.807, 2.05) is 30.9 Å². The molecule has 1 aliphatic heterocycles. The van der Waals surface area contributed by atoms with Crippen LogP contribution in [0.25, 0.3) is 0 Å². The lowest BCUT2D eigenvalue weighted by Crippen LogP contribution is -2.58. The van der Waals surface area contributed by atoms with E-state index in [2.05, 4.69) is 31.1 Å². The minimum absolute atomic E-state index is 0.178. The number of β-lactam (4-membered cyclic amide) rings is 1. The molecule has 0 unspecified atom stereocenters. The third-order valence-electron chi connectivity index (χ3n) is 3.12. The Hall–Kier alpha value is -1.35. The zero-order valence-electron chi connectivity index (χ0n) is 11.0. The van der Waals surface area contributed by atoms with Gasteiger partial charge in [0, 0.05) is 18.8 Å². The van der Waals surface area contributed by atoms with Gasteiger partial charge in [0.25, 0.3) is 0 Å². The van der Waals surface area contributed by atoms with E-state index in [0.717, 1.165) is 18.8 Å². The van der Waals surface area contributed by atoms with Crippen LogP contribution >= 0.6 is 0 Å². The fourth-order valence-electron chi connectivity index (χ4n) is 2.16. The Labute approximate surface area is 103 Å². The highest BCUT2D eigenvalue weighted by molar-refractivity contribution is 6.03. The fraction of sp³-hybridized carbons (Fsp3) is 0.500. The molecule has 0 atom stereocenters. The molecule has 0 bridgehead atoms. The minimum Gasteiger partial charge on any atom is -0.311 e. The molecule has 1 amide bonds. The normalized spacial score (nSPS) is 18.4. The molecular formula is C14H20N2O. The van der Waals surface area contributed by atoms with Gasteiger partial charge in [-0.15, -0.1) is 0 Å². The van der Waals surface area contributed by atoms with Gasteiger partial charge in [0.15, 0.2) is 0 Å². The summed E-state index contributed by atoms with van der Waals surface area (Å²) in [4.78, 5) is 15.8. The third kappa shape index (κ3) is 2.34. The highest BCUT2D eigenvalue weighted by Crippen LogP contribution is 2.34. The Morgan fingerprint density at radius 2 is 1.82 bits per heavy atom. The quantitative estimate of drug-likeness (QED) is 0.745. The average Bonchev–Trinajstić information content (AvgIpc) is 2.26. The molecule has 1 saturated heterocycles. The average molecular weight is 232 g/mol. The van der Waals surface area contributed by atoms with Gasteiger partial charge in [-0.05, 0) is 45.6 Å². The van der Waals surface area contributed by atoms with Crippen molar-refractivity contribution in [2.75, 3.05) is 25.5 Å². The van der Waals surface area contributed by atoms with Crippen molar-refractivity contribution < 1.29 is 4.79 Å². The van der Waals surface area contributed by atoms with Crippen LogP contribution in [0, 0.1) is 5.41 Å². The number of rotatable bonds is 3. The van der Waals surface area contributed by atoms with Crippen molar-refractivity contribution in [1.29, 1.82) is 0 Å². The first-order valence-corrected chi connectivity index (χ1v) is 5.96. The molecule has 3 nitrogen and oxygen atoms in total. The zero-order valence-corrected chi connectivity index (χ0v) is 11.0. The van der Waals surface area contributed by atoms with Gasteiger partial charge in [-0.1, -0.05) is 12.1 Å². The fourth-order valence-corrected chi connectivity index (χ4v) is 2.16. The highest BCUT2D eigenvalue weighted by Gasteiger charge is 2.44. The molecule has 1 fully saturated rings. The summed E-state index contributed by atoms with van der Waals surface area (Å²) in [5, 5.41) is 0. The maximum atomic E-state index is 11.9. The van der Waals surface area contributed by atoms with E-state index in [0.29, 0.717) is 0 Å². The van der Waals surface area contributed by atoms with Gasteiger partial charge in [-0.25, -0.2) is 0 Å². The summed E-state index contributed by atoms with van der Waals surface area (Å²) in [7, 11) is 4.10.